The van der Waals surface area contributed by atoms with Gasteiger partial charge in [0.15, 0.2) is 0 Å². The van der Waals surface area contributed by atoms with Crippen LogP contribution in [-0.2, 0) is 0 Å². The van der Waals surface area contributed by atoms with E-state index < -0.39 is 0 Å². The quantitative estimate of drug-likeness (QED) is 0.224. The van der Waals surface area contributed by atoms with E-state index >= 15 is 0 Å². The molecule has 0 unspecified atom stereocenters. The van der Waals surface area contributed by atoms with Gasteiger partial charge in [0.1, 0.15) is 11.2 Å². The van der Waals surface area contributed by atoms with Crippen molar-refractivity contribution in [3.63, 3.8) is 0 Å². The first-order valence-electron chi connectivity index (χ1n) is 13.2. The number of para-hydroxylation sites is 3. The van der Waals surface area contributed by atoms with Crippen LogP contribution in [0.15, 0.2) is 132 Å². The molecule has 0 atom stereocenters. The molecule has 0 aliphatic carbocycles. The smallest absolute Gasteiger partial charge is 0.144 e. The second-order valence-electron chi connectivity index (χ2n) is 10.1. The Bertz CT molecular complexity index is 2330. The molecule has 0 aliphatic rings. The summed E-state index contributed by atoms with van der Waals surface area (Å²) < 4.78 is 11.4. The Morgan fingerprint density at radius 3 is 1.90 bits per heavy atom. The average Bonchev–Trinajstić information content (AvgIpc) is 3.66. The highest BCUT2D eigenvalue weighted by atomic mass is 32.1. The Balaban J connectivity index is 1.31. The van der Waals surface area contributed by atoms with Gasteiger partial charge in [0, 0.05) is 53.0 Å². The first kappa shape index (κ1) is 21.1. The predicted molar refractivity (Wildman–Crippen MR) is 166 cm³/mol. The van der Waals surface area contributed by atoms with Gasteiger partial charge in [-0.3, -0.25) is 0 Å². The number of fused-ring (bicyclic) bond motifs is 10. The predicted octanol–water partition coefficient (Wildman–Crippen LogP) is 10.7. The monoisotopic (exact) mass is 515 g/mol. The summed E-state index contributed by atoms with van der Waals surface area (Å²) in [7, 11) is 0. The van der Waals surface area contributed by atoms with Gasteiger partial charge in [-0.1, -0.05) is 84.9 Å². The van der Waals surface area contributed by atoms with Gasteiger partial charge in [-0.15, -0.1) is 11.3 Å². The Labute approximate surface area is 227 Å². The second kappa shape index (κ2) is 7.83. The molecular formula is C36H21NOS. The molecular weight excluding hydrogens is 494 g/mol. The third-order valence-electron chi connectivity index (χ3n) is 8.01. The molecule has 0 saturated carbocycles. The normalized spacial score (nSPS) is 12.1. The van der Waals surface area contributed by atoms with E-state index in [2.05, 4.69) is 126 Å². The van der Waals surface area contributed by atoms with Crippen LogP contribution in [0.3, 0.4) is 0 Å². The third kappa shape index (κ3) is 2.91. The van der Waals surface area contributed by atoms with Gasteiger partial charge in [0.25, 0.3) is 0 Å². The molecule has 39 heavy (non-hydrogen) atoms. The standard InChI is InChI=1S/C36H21NOS/c1-5-13-30-24(9-1)25-10-2-6-14-31(25)37(30)23-19-17-22(18-20-23)28-21-29-26-11-3-7-15-32(26)38-35(29)34-27-12-4-8-16-33(27)39-36(28)34/h1-21H. The topological polar surface area (TPSA) is 18.1 Å². The van der Waals surface area contributed by atoms with Crippen LogP contribution in [0.2, 0.25) is 0 Å². The largest absolute Gasteiger partial charge is 0.455 e. The van der Waals surface area contributed by atoms with Crippen molar-refractivity contribution in [3.05, 3.63) is 127 Å². The van der Waals surface area contributed by atoms with Crippen molar-refractivity contribution in [1.82, 2.24) is 4.57 Å². The highest BCUT2D eigenvalue weighted by molar-refractivity contribution is 7.26. The van der Waals surface area contributed by atoms with Crippen LogP contribution < -0.4 is 0 Å². The summed E-state index contributed by atoms with van der Waals surface area (Å²) in [5, 5.41) is 7.36. The molecule has 0 amide bonds. The summed E-state index contributed by atoms with van der Waals surface area (Å²) in [6.45, 7) is 0. The van der Waals surface area contributed by atoms with Gasteiger partial charge in [0.05, 0.1) is 11.0 Å². The summed E-state index contributed by atoms with van der Waals surface area (Å²) in [6, 6.07) is 45.7. The van der Waals surface area contributed by atoms with E-state index in [1.165, 1.54) is 64.2 Å². The van der Waals surface area contributed by atoms with E-state index in [-0.39, 0.29) is 0 Å². The number of hydrogen-bond donors (Lipinski definition) is 0. The van der Waals surface area contributed by atoms with Crippen molar-refractivity contribution in [2.24, 2.45) is 0 Å². The van der Waals surface area contributed by atoms with Crippen LogP contribution in [0.5, 0.6) is 0 Å². The molecule has 0 fully saturated rings. The second-order valence-corrected chi connectivity index (χ2v) is 11.2. The van der Waals surface area contributed by atoms with E-state index in [9.17, 15) is 0 Å². The zero-order valence-corrected chi connectivity index (χ0v) is 21.7. The number of aromatic nitrogens is 1. The first-order chi connectivity index (χ1) is 19.3. The number of rotatable bonds is 2. The average molecular weight is 516 g/mol. The zero-order chi connectivity index (χ0) is 25.5. The SMILES string of the molecule is c1ccc2c(c1)oc1c2cc(-c2ccc(-n3c4ccccc4c4ccccc43)cc2)c2sc3ccccc3c21. The lowest BCUT2D eigenvalue weighted by atomic mass is 9.99. The lowest BCUT2D eigenvalue weighted by molar-refractivity contribution is 0.673. The molecule has 3 heterocycles. The summed E-state index contributed by atoms with van der Waals surface area (Å²) in [6.07, 6.45) is 0. The van der Waals surface area contributed by atoms with Crippen molar-refractivity contribution >= 4 is 75.3 Å². The minimum Gasteiger partial charge on any atom is -0.455 e. The maximum Gasteiger partial charge on any atom is 0.144 e. The summed E-state index contributed by atoms with van der Waals surface area (Å²) in [5.41, 5.74) is 7.99. The molecule has 0 saturated heterocycles. The molecule has 0 radical (unpaired) electrons. The maximum absolute atomic E-state index is 6.48. The molecule has 3 heteroatoms. The fraction of sp³-hybridized carbons (Fsp3) is 0. The van der Waals surface area contributed by atoms with Crippen molar-refractivity contribution < 1.29 is 4.42 Å². The summed E-state index contributed by atoms with van der Waals surface area (Å²) in [5.74, 6) is 0. The Morgan fingerprint density at radius 2 is 1.15 bits per heavy atom. The van der Waals surface area contributed by atoms with Crippen LogP contribution in [0, 0.1) is 0 Å². The summed E-state index contributed by atoms with van der Waals surface area (Å²) in [4.78, 5) is 0. The van der Waals surface area contributed by atoms with Gasteiger partial charge in [-0.25, -0.2) is 0 Å². The zero-order valence-electron chi connectivity index (χ0n) is 20.9. The molecule has 9 rings (SSSR count). The van der Waals surface area contributed by atoms with Crippen LogP contribution in [0.4, 0.5) is 0 Å². The van der Waals surface area contributed by atoms with Crippen LogP contribution in [0.1, 0.15) is 0 Å². The molecule has 0 spiro atoms. The fourth-order valence-corrected chi connectivity index (χ4v) is 7.51. The van der Waals surface area contributed by atoms with Gasteiger partial charge in [-0.2, -0.15) is 0 Å². The van der Waals surface area contributed by atoms with Gasteiger partial charge >= 0.3 is 0 Å². The minimum absolute atomic E-state index is 0.933. The molecule has 6 aromatic carbocycles. The van der Waals surface area contributed by atoms with Gasteiger partial charge < -0.3 is 8.98 Å². The fourth-order valence-electron chi connectivity index (χ4n) is 6.27. The van der Waals surface area contributed by atoms with Crippen molar-refractivity contribution in [3.8, 4) is 16.8 Å². The minimum atomic E-state index is 0.933. The Kier molecular flexibility index (Phi) is 4.24. The summed E-state index contributed by atoms with van der Waals surface area (Å²) >= 11 is 1.85. The first-order valence-corrected chi connectivity index (χ1v) is 14.0. The van der Waals surface area contributed by atoms with E-state index in [0.717, 1.165) is 16.6 Å². The lowest BCUT2D eigenvalue weighted by Gasteiger charge is -2.10. The Hall–Kier alpha value is -4.86. The molecule has 9 aromatic rings. The molecule has 0 bridgehead atoms. The van der Waals surface area contributed by atoms with Crippen molar-refractivity contribution in [2.45, 2.75) is 0 Å². The molecule has 3 aromatic heterocycles. The van der Waals surface area contributed by atoms with Gasteiger partial charge in [-0.05, 0) is 48.0 Å². The number of furan rings is 1. The number of nitrogens with zero attached hydrogens (tertiary/aromatic N) is 1. The van der Waals surface area contributed by atoms with E-state index in [1.54, 1.807) is 0 Å². The number of thiophene rings is 1. The van der Waals surface area contributed by atoms with Crippen LogP contribution >= 0.6 is 11.3 Å². The van der Waals surface area contributed by atoms with Crippen LogP contribution in [-0.4, -0.2) is 4.57 Å². The van der Waals surface area contributed by atoms with Crippen molar-refractivity contribution in [1.29, 1.82) is 0 Å². The Morgan fingerprint density at radius 1 is 0.538 bits per heavy atom. The molecule has 0 aliphatic heterocycles. The third-order valence-corrected chi connectivity index (χ3v) is 9.21. The molecule has 182 valence electrons. The van der Waals surface area contributed by atoms with Crippen LogP contribution in [0.25, 0.3) is 80.7 Å². The maximum atomic E-state index is 6.48. The van der Waals surface area contributed by atoms with Gasteiger partial charge in [0.2, 0.25) is 0 Å². The van der Waals surface area contributed by atoms with E-state index in [4.69, 9.17) is 4.42 Å². The van der Waals surface area contributed by atoms with E-state index in [0.29, 0.717) is 0 Å². The number of benzene rings is 6. The lowest BCUT2D eigenvalue weighted by Crippen LogP contribution is -1.93. The highest BCUT2D eigenvalue weighted by Gasteiger charge is 2.19. The number of hydrogen-bond acceptors (Lipinski definition) is 2. The molecule has 2 nitrogen and oxygen atoms in total. The van der Waals surface area contributed by atoms with E-state index in [1.807, 2.05) is 17.4 Å². The molecule has 0 N–H and O–H groups in total. The van der Waals surface area contributed by atoms with Crippen molar-refractivity contribution in [2.75, 3.05) is 0 Å². The highest BCUT2D eigenvalue weighted by Crippen LogP contribution is 2.46.